The fourth-order valence-electron chi connectivity index (χ4n) is 2.99. The van der Waals surface area contributed by atoms with E-state index in [0.29, 0.717) is 5.92 Å². The summed E-state index contributed by atoms with van der Waals surface area (Å²) in [5, 5.41) is 8.37. The van der Waals surface area contributed by atoms with Gasteiger partial charge < -0.3 is 9.84 Å². The number of nitrogens with zero attached hydrogens (tertiary/aromatic N) is 3. The van der Waals surface area contributed by atoms with Gasteiger partial charge in [-0.2, -0.15) is 4.98 Å². The highest BCUT2D eigenvalue weighted by Gasteiger charge is 2.31. The van der Waals surface area contributed by atoms with Gasteiger partial charge in [0.05, 0.1) is 6.54 Å². The molecule has 0 bridgehead atoms. The number of aromatic nitrogens is 2. The van der Waals surface area contributed by atoms with Crippen LogP contribution in [0.5, 0.6) is 0 Å². The molecular formula is C16H20Cl2N4O. The SMILES string of the molecule is Cl.Clc1cccc(C2CNCCN2Cc2noc(C3CC3)n2)c1. The second-order valence-corrected chi connectivity index (χ2v) is 6.50. The lowest BCUT2D eigenvalue weighted by atomic mass is 10.0. The van der Waals surface area contributed by atoms with E-state index in [1.165, 1.54) is 18.4 Å². The highest BCUT2D eigenvalue weighted by molar-refractivity contribution is 6.30. The van der Waals surface area contributed by atoms with Crippen molar-refractivity contribution in [3.05, 3.63) is 46.6 Å². The second-order valence-electron chi connectivity index (χ2n) is 6.07. The normalized spacial score (nSPS) is 21.9. The number of nitrogens with one attached hydrogen (secondary N) is 1. The number of hydrogen-bond donors (Lipinski definition) is 1. The van der Waals surface area contributed by atoms with E-state index in [1.807, 2.05) is 18.2 Å². The summed E-state index contributed by atoms with van der Waals surface area (Å²) in [5.74, 6) is 2.10. The molecule has 1 aromatic carbocycles. The average Bonchev–Trinajstić information content (AvgIpc) is 3.28. The van der Waals surface area contributed by atoms with Crippen LogP contribution in [-0.4, -0.2) is 34.7 Å². The van der Waals surface area contributed by atoms with Crippen LogP contribution in [0.3, 0.4) is 0 Å². The van der Waals surface area contributed by atoms with Crippen LogP contribution < -0.4 is 5.32 Å². The minimum Gasteiger partial charge on any atom is -0.339 e. The van der Waals surface area contributed by atoms with Crippen LogP contribution in [0, 0.1) is 0 Å². The van der Waals surface area contributed by atoms with Gasteiger partial charge >= 0.3 is 0 Å². The molecule has 1 saturated carbocycles. The Morgan fingerprint density at radius 1 is 1.35 bits per heavy atom. The van der Waals surface area contributed by atoms with Crippen LogP contribution in [0.1, 0.15) is 42.1 Å². The molecule has 5 nitrogen and oxygen atoms in total. The van der Waals surface area contributed by atoms with Gasteiger partial charge in [0.2, 0.25) is 5.89 Å². The van der Waals surface area contributed by atoms with Gasteiger partial charge in [-0.15, -0.1) is 12.4 Å². The molecule has 0 radical (unpaired) electrons. The molecule has 1 atom stereocenters. The largest absolute Gasteiger partial charge is 0.339 e. The van der Waals surface area contributed by atoms with Crippen molar-refractivity contribution in [2.45, 2.75) is 31.3 Å². The quantitative estimate of drug-likeness (QED) is 0.913. The Bertz CT molecular complexity index is 659. The van der Waals surface area contributed by atoms with Crippen LogP contribution in [0.25, 0.3) is 0 Å². The van der Waals surface area contributed by atoms with Crippen molar-refractivity contribution in [3.63, 3.8) is 0 Å². The number of halogens is 2. The van der Waals surface area contributed by atoms with E-state index < -0.39 is 0 Å². The van der Waals surface area contributed by atoms with Gasteiger partial charge in [-0.1, -0.05) is 28.9 Å². The standard InChI is InChI=1S/C16H19ClN4O.ClH/c17-13-3-1-2-12(8-13)14-9-18-6-7-21(14)10-15-19-16(22-20-15)11-4-5-11;/h1-3,8,11,14,18H,4-7,9-10H2;1H. The summed E-state index contributed by atoms with van der Waals surface area (Å²) in [5.41, 5.74) is 1.23. The first-order valence-electron chi connectivity index (χ1n) is 7.82. The van der Waals surface area contributed by atoms with Gasteiger partial charge in [-0.05, 0) is 30.5 Å². The topological polar surface area (TPSA) is 54.2 Å². The maximum Gasteiger partial charge on any atom is 0.229 e. The minimum atomic E-state index is 0. The van der Waals surface area contributed by atoms with Crippen LogP contribution in [0.2, 0.25) is 5.02 Å². The second kappa shape index (κ2) is 7.18. The van der Waals surface area contributed by atoms with Crippen molar-refractivity contribution in [2.75, 3.05) is 19.6 Å². The molecule has 2 fully saturated rings. The lowest BCUT2D eigenvalue weighted by Gasteiger charge is -2.35. The van der Waals surface area contributed by atoms with Gasteiger partial charge in [-0.3, -0.25) is 4.90 Å². The van der Waals surface area contributed by atoms with E-state index >= 15 is 0 Å². The van der Waals surface area contributed by atoms with Crippen molar-refractivity contribution in [1.29, 1.82) is 0 Å². The monoisotopic (exact) mass is 354 g/mol. The van der Waals surface area contributed by atoms with Gasteiger partial charge in [0.25, 0.3) is 0 Å². The van der Waals surface area contributed by atoms with Crippen molar-refractivity contribution in [1.82, 2.24) is 20.4 Å². The molecule has 7 heteroatoms. The summed E-state index contributed by atoms with van der Waals surface area (Å²) < 4.78 is 5.37. The number of benzene rings is 1. The smallest absolute Gasteiger partial charge is 0.229 e. The van der Waals surface area contributed by atoms with Crippen molar-refractivity contribution < 1.29 is 4.52 Å². The summed E-state index contributed by atoms with van der Waals surface area (Å²) in [4.78, 5) is 6.94. The Hall–Kier alpha value is -1.14. The van der Waals surface area contributed by atoms with Gasteiger partial charge in [0.1, 0.15) is 0 Å². The van der Waals surface area contributed by atoms with Crippen molar-refractivity contribution in [3.8, 4) is 0 Å². The highest BCUT2D eigenvalue weighted by atomic mass is 35.5. The minimum absolute atomic E-state index is 0. The van der Waals surface area contributed by atoms with Crippen molar-refractivity contribution in [2.24, 2.45) is 0 Å². The average molecular weight is 355 g/mol. The third-order valence-electron chi connectivity index (χ3n) is 4.34. The zero-order valence-electron chi connectivity index (χ0n) is 12.7. The van der Waals surface area contributed by atoms with E-state index in [1.54, 1.807) is 0 Å². The van der Waals surface area contributed by atoms with Gasteiger partial charge in [0.15, 0.2) is 5.82 Å². The predicted molar refractivity (Wildman–Crippen MR) is 91.0 cm³/mol. The Morgan fingerprint density at radius 2 is 2.22 bits per heavy atom. The maximum atomic E-state index is 6.14. The third kappa shape index (κ3) is 3.86. The summed E-state index contributed by atoms with van der Waals surface area (Å²) in [6, 6.07) is 8.37. The molecule has 2 heterocycles. The maximum absolute atomic E-state index is 6.14. The molecule has 0 spiro atoms. The zero-order chi connectivity index (χ0) is 14.9. The molecule has 4 rings (SSSR count). The molecule has 2 aliphatic rings. The zero-order valence-corrected chi connectivity index (χ0v) is 14.3. The Kier molecular flexibility index (Phi) is 5.21. The molecule has 1 aromatic heterocycles. The van der Waals surface area contributed by atoms with Crippen LogP contribution in [0.4, 0.5) is 0 Å². The van der Waals surface area contributed by atoms with Crippen LogP contribution >= 0.6 is 24.0 Å². The van der Waals surface area contributed by atoms with Crippen molar-refractivity contribution >= 4 is 24.0 Å². The molecule has 1 aliphatic heterocycles. The summed E-state index contributed by atoms with van der Waals surface area (Å²) >= 11 is 6.14. The Labute approximate surface area is 146 Å². The fraction of sp³-hybridized carbons (Fsp3) is 0.500. The van der Waals surface area contributed by atoms with E-state index in [2.05, 4.69) is 26.4 Å². The van der Waals surface area contributed by atoms with Crippen LogP contribution in [0.15, 0.2) is 28.8 Å². The van der Waals surface area contributed by atoms with E-state index in [4.69, 9.17) is 16.1 Å². The predicted octanol–water partition coefficient (Wildman–Crippen LogP) is 3.17. The first-order chi connectivity index (χ1) is 10.8. The first-order valence-corrected chi connectivity index (χ1v) is 8.20. The first kappa shape index (κ1) is 16.7. The molecule has 0 amide bonds. The number of piperazine rings is 1. The van der Waals surface area contributed by atoms with E-state index in [9.17, 15) is 0 Å². The fourth-order valence-corrected chi connectivity index (χ4v) is 3.19. The summed E-state index contributed by atoms with van der Waals surface area (Å²) in [6.07, 6.45) is 2.36. The molecular weight excluding hydrogens is 335 g/mol. The summed E-state index contributed by atoms with van der Waals surface area (Å²) in [7, 11) is 0. The summed E-state index contributed by atoms with van der Waals surface area (Å²) in [6.45, 7) is 3.57. The van der Waals surface area contributed by atoms with E-state index in [0.717, 1.165) is 42.9 Å². The Morgan fingerprint density at radius 3 is 3.00 bits per heavy atom. The molecule has 1 aliphatic carbocycles. The highest BCUT2D eigenvalue weighted by Crippen LogP contribution is 2.39. The van der Waals surface area contributed by atoms with Crippen LogP contribution in [-0.2, 0) is 6.54 Å². The Balaban J connectivity index is 0.00000156. The molecule has 1 unspecified atom stereocenters. The lowest BCUT2D eigenvalue weighted by molar-refractivity contribution is 0.148. The van der Waals surface area contributed by atoms with Gasteiger partial charge in [-0.25, -0.2) is 0 Å². The van der Waals surface area contributed by atoms with E-state index in [-0.39, 0.29) is 18.4 Å². The number of rotatable bonds is 4. The molecule has 2 aromatic rings. The number of hydrogen-bond acceptors (Lipinski definition) is 5. The molecule has 23 heavy (non-hydrogen) atoms. The molecule has 124 valence electrons. The molecule has 1 N–H and O–H groups in total. The lowest BCUT2D eigenvalue weighted by Crippen LogP contribution is -2.45. The third-order valence-corrected chi connectivity index (χ3v) is 4.58. The molecule has 1 saturated heterocycles. The van der Waals surface area contributed by atoms with Gasteiger partial charge in [0, 0.05) is 36.6 Å².